The van der Waals surface area contributed by atoms with Crippen molar-refractivity contribution in [2.75, 3.05) is 39.9 Å². The lowest BCUT2D eigenvalue weighted by molar-refractivity contribution is -0.126. The van der Waals surface area contributed by atoms with Crippen molar-refractivity contribution >= 4 is 5.91 Å². The lowest BCUT2D eigenvalue weighted by atomic mass is 9.89. The van der Waals surface area contributed by atoms with Gasteiger partial charge in [0, 0.05) is 25.6 Å². The van der Waals surface area contributed by atoms with E-state index in [1.807, 2.05) is 6.92 Å². The van der Waals surface area contributed by atoms with Gasteiger partial charge >= 0.3 is 0 Å². The number of likely N-dealkylation sites (tertiary alicyclic amines) is 1. The first-order valence-corrected chi connectivity index (χ1v) is 6.20. The Morgan fingerprint density at radius 3 is 2.65 bits per heavy atom. The number of hydrogen-bond donors (Lipinski definition) is 3. The summed E-state index contributed by atoms with van der Waals surface area (Å²) >= 11 is 0. The first kappa shape index (κ1) is 14.4. The van der Waals surface area contributed by atoms with E-state index in [1.165, 1.54) is 0 Å². The van der Waals surface area contributed by atoms with Crippen molar-refractivity contribution in [3.8, 4) is 0 Å². The largest absolute Gasteiger partial charge is 0.396 e. The maximum absolute atomic E-state index is 11.6. The third-order valence-corrected chi connectivity index (χ3v) is 3.49. The van der Waals surface area contributed by atoms with Gasteiger partial charge in [0.1, 0.15) is 0 Å². The molecule has 1 amide bonds. The molecular weight excluding hydrogens is 220 g/mol. The Hall–Kier alpha value is -0.650. The second kappa shape index (κ2) is 6.33. The Labute approximate surface area is 103 Å². The minimum atomic E-state index is -0.482. The molecular formula is C12H24N2O3. The summed E-state index contributed by atoms with van der Waals surface area (Å²) in [5.41, 5.74) is -0.482. The molecule has 3 N–H and O–H groups in total. The maximum atomic E-state index is 11.6. The third kappa shape index (κ3) is 3.94. The molecule has 1 unspecified atom stereocenters. The molecule has 0 radical (unpaired) electrons. The van der Waals surface area contributed by atoms with Crippen LogP contribution in [0.1, 0.15) is 19.8 Å². The van der Waals surface area contributed by atoms with E-state index in [2.05, 4.69) is 10.2 Å². The maximum Gasteiger partial charge on any atom is 0.224 e. The number of rotatable bonds is 5. The fraction of sp³-hybridized carbons (Fsp3) is 0.917. The summed E-state index contributed by atoms with van der Waals surface area (Å²) in [5.74, 6) is 0.125. The molecule has 0 spiro atoms. The van der Waals surface area contributed by atoms with Gasteiger partial charge in [0.25, 0.3) is 0 Å². The predicted octanol–water partition coefficient (Wildman–Crippen LogP) is -0.565. The van der Waals surface area contributed by atoms with E-state index in [4.69, 9.17) is 0 Å². The summed E-state index contributed by atoms with van der Waals surface area (Å²) in [6, 6.07) is 0. The summed E-state index contributed by atoms with van der Waals surface area (Å²) in [6.07, 6.45) is 1.91. The minimum Gasteiger partial charge on any atom is -0.396 e. The number of aliphatic hydroxyl groups is 2. The average molecular weight is 244 g/mol. The molecule has 1 aliphatic rings. The predicted molar refractivity (Wildman–Crippen MR) is 65.5 cm³/mol. The highest BCUT2D eigenvalue weighted by Gasteiger charge is 2.30. The first-order chi connectivity index (χ1) is 8.04. The highest BCUT2D eigenvalue weighted by atomic mass is 16.3. The van der Waals surface area contributed by atoms with E-state index in [0.717, 1.165) is 25.9 Å². The first-order valence-electron chi connectivity index (χ1n) is 6.20. The van der Waals surface area contributed by atoms with Gasteiger partial charge in [-0.2, -0.15) is 0 Å². The van der Waals surface area contributed by atoms with Gasteiger partial charge in [-0.05, 0) is 19.4 Å². The molecule has 5 nitrogen and oxygen atoms in total. The number of carbonyl (C=O) groups excluding carboxylic acids is 1. The fourth-order valence-electron chi connectivity index (χ4n) is 2.31. The fourth-order valence-corrected chi connectivity index (χ4v) is 2.31. The van der Waals surface area contributed by atoms with Gasteiger partial charge in [-0.3, -0.25) is 4.79 Å². The van der Waals surface area contributed by atoms with Gasteiger partial charge < -0.3 is 20.4 Å². The lowest BCUT2D eigenvalue weighted by Crippen LogP contribution is -2.47. The topological polar surface area (TPSA) is 72.8 Å². The van der Waals surface area contributed by atoms with Crippen LogP contribution < -0.4 is 5.32 Å². The van der Waals surface area contributed by atoms with E-state index >= 15 is 0 Å². The van der Waals surface area contributed by atoms with Crippen LogP contribution in [0.15, 0.2) is 0 Å². The van der Waals surface area contributed by atoms with Crippen LogP contribution >= 0.6 is 0 Å². The quantitative estimate of drug-likeness (QED) is 0.606. The van der Waals surface area contributed by atoms with E-state index in [0.29, 0.717) is 6.54 Å². The van der Waals surface area contributed by atoms with Gasteiger partial charge in [0.05, 0.1) is 19.1 Å². The number of nitrogens with zero attached hydrogens (tertiary/aromatic N) is 1. The highest BCUT2D eigenvalue weighted by Crippen LogP contribution is 2.22. The van der Waals surface area contributed by atoms with Gasteiger partial charge in [-0.1, -0.05) is 6.92 Å². The normalized spacial score (nSPS) is 22.5. The van der Waals surface area contributed by atoms with Crippen molar-refractivity contribution in [2.45, 2.75) is 19.8 Å². The molecule has 1 atom stereocenters. The van der Waals surface area contributed by atoms with Crippen molar-refractivity contribution < 1.29 is 15.0 Å². The number of piperidine rings is 1. The summed E-state index contributed by atoms with van der Waals surface area (Å²) in [4.78, 5) is 13.7. The van der Waals surface area contributed by atoms with Crippen molar-refractivity contribution in [2.24, 2.45) is 11.3 Å². The van der Waals surface area contributed by atoms with Crippen molar-refractivity contribution in [1.82, 2.24) is 10.2 Å². The average Bonchev–Trinajstić information content (AvgIpc) is 2.38. The van der Waals surface area contributed by atoms with Crippen LogP contribution in [0, 0.1) is 11.3 Å². The van der Waals surface area contributed by atoms with E-state index < -0.39 is 5.41 Å². The third-order valence-electron chi connectivity index (χ3n) is 3.49. The molecule has 0 aliphatic carbocycles. The molecule has 0 aromatic carbocycles. The Kier molecular flexibility index (Phi) is 5.36. The van der Waals surface area contributed by atoms with Crippen molar-refractivity contribution in [3.05, 3.63) is 0 Å². The standard InChI is InChI=1S/C12H24N2O3/c1-12(8-15,9-16)7-14-5-3-4-10(6-14)11(17)13-2/h10,15-16H,3-9H2,1-2H3,(H,13,17). The molecule has 0 aromatic rings. The van der Waals surface area contributed by atoms with E-state index in [9.17, 15) is 15.0 Å². The van der Waals surface area contributed by atoms with Crippen molar-refractivity contribution in [3.63, 3.8) is 0 Å². The Morgan fingerprint density at radius 2 is 2.12 bits per heavy atom. The molecule has 1 aliphatic heterocycles. The van der Waals surface area contributed by atoms with Gasteiger partial charge in [0.15, 0.2) is 0 Å². The van der Waals surface area contributed by atoms with Gasteiger partial charge in [-0.15, -0.1) is 0 Å². The zero-order chi connectivity index (χ0) is 12.9. The van der Waals surface area contributed by atoms with Crippen LogP contribution in [0.25, 0.3) is 0 Å². The summed E-state index contributed by atoms with van der Waals surface area (Å²) in [7, 11) is 1.66. The lowest BCUT2D eigenvalue weighted by Gasteiger charge is -2.37. The smallest absolute Gasteiger partial charge is 0.224 e. The van der Waals surface area contributed by atoms with Gasteiger partial charge in [-0.25, -0.2) is 0 Å². The molecule has 0 saturated carbocycles. The van der Waals surface area contributed by atoms with Crippen LogP contribution in [0.5, 0.6) is 0 Å². The highest BCUT2D eigenvalue weighted by molar-refractivity contribution is 5.78. The summed E-state index contributed by atoms with van der Waals surface area (Å²) < 4.78 is 0. The van der Waals surface area contributed by atoms with Gasteiger partial charge in [0.2, 0.25) is 5.91 Å². The Balaban J connectivity index is 2.52. The van der Waals surface area contributed by atoms with Crippen LogP contribution in [-0.2, 0) is 4.79 Å². The monoisotopic (exact) mass is 244 g/mol. The Bertz CT molecular complexity index is 254. The van der Waals surface area contributed by atoms with Crippen LogP contribution in [0.3, 0.4) is 0 Å². The Morgan fingerprint density at radius 1 is 1.47 bits per heavy atom. The zero-order valence-electron chi connectivity index (χ0n) is 10.8. The SMILES string of the molecule is CNC(=O)C1CCCN(CC(C)(CO)CO)C1. The molecule has 0 bridgehead atoms. The van der Waals surface area contributed by atoms with Crippen LogP contribution in [-0.4, -0.2) is 60.9 Å². The molecule has 1 heterocycles. The number of hydrogen-bond acceptors (Lipinski definition) is 4. The summed E-state index contributed by atoms with van der Waals surface area (Å²) in [6.45, 7) is 4.07. The molecule has 17 heavy (non-hydrogen) atoms. The molecule has 1 saturated heterocycles. The molecule has 5 heteroatoms. The van der Waals surface area contributed by atoms with Crippen molar-refractivity contribution in [1.29, 1.82) is 0 Å². The van der Waals surface area contributed by atoms with Crippen LogP contribution in [0.4, 0.5) is 0 Å². The van der Waals surface area contributed by atoms with Crippen LogP contribution in [0.2, 0.25) is 0 Å². The number of aliphatic hydroxyl groups excluding tert-OH is 2. The second-order valence-corrected chi connectivity index (χ2v) is 5.32. The zero-order valence-corrected chi connectivity index (χ0v) is 10.8. The molecule has 1 rings (SSSR count). The molecule has 1 fully saturated rings. The van der Waals surface area contributed by atoms with E-state index in [1.54, 1.807) is 7.05 Å². The summed E-state index contributed by atoms with van der Waals surface area (Å²) in [5, 5.41) is 21.2. The number of nitrogens with one attached hydrogen (secondary N) is 1. The molecule has 0 aromatic heterocycles. The van der Waals surface area contributed by atoms with E-state index in [-0.39, 0.29) is 25.0 Å². The minimum absolute atomic E-state index is 0.0371. The number of amides is 1. The molecule has 100 valence electrons. The second-order valence-electron chi connectivity index (χ2n) is 5.32. The number of carbonyl (C=O) groups is 1.